The van der Waals surface area contributed by atoms with E-state index in [4.69, 9.17) is 26.4 Å². The number of aliphatic hydroxyl groups excluding tert-OH is 1. The van der Waals surface area contributed by atoms with Gasteiger partial charge in [0.15, 0.2) is 0 Å². The molecule has 3 amide bonds. The van der Waals surface area contributed by atoms with Crippen LogP contribution in [-0.4, -0.2) is 45.1 Å². The Balaban J connectivity index is 1.49. The van der Waals surface area contributed by atoms with Gasteiger partial charge in [-0.05, 0) is 64.9 Å². The van der Waals surface area contributed by atoms with Crippen molar-refractivity contribution in [3.8, 4) is 17.0 Å². The standard InChI is InChI=1S/C29H26ClIN4O4/c1-17-25(22-12-9-20(31)16-23(22)30)33-27(32-17)24(15-18-5-3-2-4-6-18)35-28(37)26(34-29(35)38)19-7-10-21(11-8-19)39-14-13-36/h2-12,16,24,26,36H,13-15H2,1H3,(H,32,33)(H,34,38)/t24-,26+/m0/s1. The summed E-state index contributed by atoms with van der Waals surface area (Å²) in [6, 6.07) is 20.3. The second-order valence-corrected chi connectivity index (χ2v) is 10.8. The van der Waals surface area contributed by atoms with E-state index in [0.717, 1.165) is 20.4 Å². The monoisotopic (exact) mass is 656 g/mol. The van der Waals surface area contributed by atoms with Crippen molar-refractivity contribution in [2.24, 2.45) is 0 Å². The number of benzene rings is 3. The minimum absolute atomic E-state index is 0.0968. The molecule has 3 N–H and O–H groups in total. The van der Waals surface area contributed by atoms with Gasteiger partial charge in [-0.3, -0.25) is 9.69 Å². The molecule has 1 saturated heterocycles. The zero-order valence-corrected chi connectivity index (χ0v) is 23.9. The van der Waals surface area contributed by atoms with Gasteiger partial charge in [0, 0.05) is 21.2 Å². The van der Waals surface area contributed by atoms with Crippen LogP contribution in [0.5, 0.6) is 5.75 Å². The first kappa shape index (κ1) is 27.2. The summed E-state index contributed by atoms with van der Waals surface area (Å²) in [6.07, 6.45) is 0.382. The highest BCUT2D eigenvalue weighted by Gasteiger charge is 2.44. The van der Waals surface area contributed by atoms with Crippen molar-refractivity contribution < 1.29 is 19.4 Å². The summed E-state index contributed by atoms with van der Waals surface area (Å²) in [5.74, 6) is 0.696. The van der Waals surface area contributed by atoms with Crippen LogP contribution in [0.3, 0.4) is 0 Å². The van der Waals surface area contributed by atoms with Crippen LogP contribution < -0.4 is 10.1 Å². The molecule has 10 heteroatoms. The smallest absolute Gasteiger partial charge is 0.325 e. The number of hydrogen-bond donors (Lipinski definition) is 3. The third-order valence-corrected chi connectivity index (χ3v) is 7.52. The number of carbonyl (C=O) groups is 2. The van der Waals surface area contributed by atoms with Crippen LogP contribution in [0.1, 0.15) is 34.7 Å². The number of aryl methyl sites for hydroxylation is 1. The Morgan fingerprint density at radius 3 is 2.54 bits per heavy atom. The van der Waals surface area contributed by atoms with E-state index in [2.05, 4.69) is 32.9 Å². The predicted octanol–water partition coefficient (Wildman–Crippen LogP) is 5.59. The lowest BCUT2D eigenvalue weighted by Crippen LogP contribution is -2.36. The van der Waals surface area contributed by atoms with Crippen LogP contribution in [0.25, 0.3) is 11.3 Å². The molecule has 0 spiro atoms. The third-order valence-electron chi connectivity index (χ3n) is 6.53. The summed E-state index contributed by atoms with van der Waals surface area (Å²) in [4.78, 5) is 36.5. The number of aliphatic hydroxyl groups is 1. The molecule has 5 rings (SSSR count). The number of amides is 3. The Morgan fingerprint density at radius 2 is 1.85 bits per heavy atom. The van der Waals surface area contributed by atoms with Crippen LogP contribution in [0.2, 0.25) is 5.02 Å². The van der Waals surface area contributed by atoms with Gasteiger partial charge in [0.05, 0.1) is 17.3 Å². The fraction of sp³-hybridized carbons (Fsp3) is 0.207. The number of H-pyrrole nitrogens is 1. The number of imidazole rings is 1. The van der Waals surface area contributed by atoms with E-state index in [0.29, 0.717) is 34.3 Å². The van der Waals surface area contributed by atoms with E-state index >= 15 is 0 Å². The van der Waals surface area contributed by atoms with Gasteiger partial charge in [-0.15, -0.1) is 0 Å². The molecule has 1 fully saturated rings. The Kier molecular flexibility index (Phi) is 8.20. The third kappa shape index (κ3) is 5.80. The SMILES string of the molecule is Cc1[nH]c([C@H](Cc2ccccc2)N2C(=O)N[C@H](c3ccc(OCCO)cc3)C2=O)nc1-c1ccc(I)cc1Cl. The molecule has 2 atom stereocenters. The number of urea groups is 1. The molecule has 3 aromatic carbocycles. The van der Waals surface area contributed by atoms with Gasteiger partial charge < -0.3 is 20.1 Å². The van der Waals surface area contributed by atoms with Crippen molar-refractivity contribution >= 4 is 46.1 Å². The van der Waals surface area contributed by atoms with E-state index in [1.54, 1.807) is 24.3 Å². The topological polar surface area (TPSA) is 108 Å². The molecule has 1 aliphatic rings. The van der Waals surface area contributed by atoms with Crippen molar-refractivity contribution in [3.63, 3.8) is 0 Å². The summed E-state index contributed by atoms with van der Waals surface area (Å²) in [5, 5.41) is 12.4. The summed E-state index contributed by atoms with van der Waals surface area (Å²) < 4.78 is 6.42. The first-order valence-corrected chi connectivity index (χ1v) is 13.8. The molecule has 0 unspecified atom stereocenters. The largest absolute Gasteiger partial charge is 0.491 e. The first-order valence-electron chi connectivity index (χ1n) is 12.4. The van der Waals surface area contributed by atoms with Crippen LogP contribution in [0.15, 0.2) is 72.8 Å². The van der Waals surface area contributed by atoms with Gasteiger partial charge in [0.1, 0.15) is 30.3 Å². The molecule has 1 aromatic heterocycles. The van der Waals surface area contributed by atoms with Crippen LogP contribution in [0, 0.1) is 10.5 Å². The van der Waals surface area contributed by atoms with Crippen molar-refractivity contribution in [3.05, 3.63) is 104 Å². The second kappa shape index (κ2) is 11.8. The Labute approximate surface area is 244 Å². The molecule has 0 saturated carbocycles. The second-order valence-electron chi connectivity index (χ2n) is 9.16. The molecule has 200 valence electrons. The van der Waals surface area contributed by atoms with Gasteiger partial charge in [-0.1, -0.05) is 60.1 Å². The number of aromatic amines is 1. The lowest BCUT2D eigenvalue weighted by atomic mass is 10.0. The molecule has 0 bridgehead atoms. The zero-order valence-electron chi connectivity index (χ0n) is 21.0. The van der Waals surface area contributed by atoms with E-state index in [1.807, 2.05) is 55.5 Å². The van der Waals surface area contributed by atoms with Crippen molar-refractivity contribution in [2.75, 3.05) is 13.2 Å². The van der Waals surface area contributed by atoms with Crippen molar-refractivity contribution in [1.29, 1.82) is 0 Å². The van der Waals surface area contributed by atoms with Gasteiger partial charge in [0.25, 0.3) is 5.91 Å². The van der Waals surface area contributed by atoms with Gasteiger partial charge >= 0.3 is 6.03 Å². The number of halogens is 2. The summed E-state index contributed by atoms with van der Waals surface area (Å²) in [6.45, 7) is 1.97. The minimum atomic E-state index is -0.844. The lowest BCUT2D eigenvalue weighted by molar-refractivity contribution is -0.129. The van der Waals surface area contributed by atoms with E-state index in [9.17, 15) is 9.59 Å². The Hall–Kier alpha value is -3.41. The molecule has 0 radical (unpaired) electrons. The molecular weight excluding hydrogens is 631 g/mol. The molecule has 4 aromatic rings. The minimum Gasteiger partial charge on any atom is -0.491 e. The normalized spacial score (nSPS) is 15.9. The highest BCUT2D eigenvalue weighted by Crippen LogP contribution is 2.35. The van der Waals surface area contributed by atoms with Crippen LogP contribution in [0.4, 0.5) is 4.79 Å². The average molecular weight is 657 g/mol. The van der Waals surface area contributed by atoms with E-state index in [1.165, 1.54) is 4.90 Å². The van der Waals surface area contributed by atoms with E-state index < -0.39 is 18.1 Å². The molecule has 8 nitrogen and oxygen atoms in total. The van der Waals surface area contributed by atoms with E-state index in [-0.39, 0.29) is 19.1 Å². The fourth-order valence-electron chi connectivity index (χ4n) is 4.67. The van der Waals surface area contributed by atoms with Gasteiger partial charge in [-0.2, -0.15) is 0 Å². The Morgan fingerprint density at radius 1 is 1.10 bits per heavy atom. The highest BCUT2D eigenvalue weighted by molar-refractivity contribution is 14.1. The maximum absolute atomic E-state index is 13.7. The van der Waals surface area contributed by atoms with Crippen molar-refractivity contribution in [2.45, 2.75) is 25.4 Å². The maximum atomic E-state index is 13.7. The maximum Gasteiger partial charge on any atom is 0.325 e. The number of ether oxygens (including phenoxy) is 1. The number of nitrogens with one attached hydrogen (secondary N) is 2. The number of aromatic nitrogens is 2. The number of rotatable bonds is 9. The van der Waals surface area contributed by atoms with Crippen LogP contribution in [-0.2, 0) is 11.2 Å². The average Bonchev–Trinajstić information content (AvgIpc) is 3.45. The fourth-order valence-corrected chi connectivity index (χ4v) is 5.61. The summed E-state index contributed by atoms with van der Waals surface area (Å²) >= 11 is 8.75. The quantitative estimate of drug-likeness (QED) is 0.161. The molecule has 1 aliphatic heterocycles. The number of imide groups is 1. The zero-order chi connectivity index (χ0) is 27.5. The van der Waals surface area contributed by atoms with Crippen LogP contribution >= 0.6 is 34.2 Å². The summed E-state index contributed by atoms with van der Waals surface area (Å²) in [7, 11) is 0. The van der Waals surface area contributed by atoms with Gasteiger partial charge in [-0.25, -0.2) is 9.78 Å². The molecule has 0 aliphatic carbocycles. The predicted molar refractivity (Wildman–Crippen MR) is 157 cm³/mol. The first-order chi connectivity index (χ1) is 18.9. The summed E-state index contributed by atoms with van der Waals surface area (Å²) in [5.41, 5.74) is 3.82. The lowest BCUT2D eigenvalue weighted by Gasteiger charge is -2.24. The van der Waals surface area contributed by atoms with Gasteiger partial charge in [0.2, 0.25) is 0 Å². The number of nitrogens with zero attached hydrogens (tertiary/aromatic N) is 2. The molecular formula is C29H26ClIN4O4. The van der Waals surface area contributed by atoms with Crippen molar-refractivity contribution in [1.82, 2.24) is 20.2 Å². The molecule has 39 heavy (non-hydrogen) atoms. The Bertz CT molecular complexity index is 1490. The number of carbonyl (C=O) groups excluding carboxylic acids is 2. The highest BCUT2D eigenvalue weighted by atomic mass is 127. The molecule has 2 heterocycles. The number of hydrogen-bond acceptors (Lipinski definition) is 5.